The lowest BCUT2D eigenvalue weighted by atomic mass is 10.1. The fourth-order valence-electron chi connectivity index (χ4n) is 4.03. The molecule has 0 amide bonds. The molecule has 4 heterocycles. The van der Waals surface area contributed by atoms with Crippen LogP contribution in [0, 0.1) is 6.92 Å². The Balaban J connectivity index is 1.83. The molecule has 5 aromatic rings. The third-order valence-electron chi connectivity index (χ3n) is 5.41. The van der Waals surface area contributed by atoms with Crippen LogP contribution >= 0.6 is 0 Å². The molecule has 5 rings (SSSR count). The molecule has 0 aliphatic rings. The third-order valence-corrected chi connectivity index (χ3v) is 7.21. The molecule has 0 aliphatic carbocycles. The minimum atomic E-state index is -3.89. The molecule has 0 radical (unpaired) electrons. The van der Waals surface area contributed by atoms with Crippen LogP contribution in [0.3, 0.4) is 0 Å². The Labute approximate surface area is 197 Å². The first-order valence-electron chi connectivity index (χ1n) is 10.8. The minimum absolute atomic E-state index is 0.186. The van der Waals surface area contributed by atoms with E-state index >= 15 is 0 Å². The number of nitrogens with one attached hydrogen (secondary N) is 1. The summed E-state index contributed by atoms with van der Waals surface area (Å²) in [6.07, 6.45) is 4.97. The van der Waals surface area contributed by atoms with Gasteiger partial charge in [0, 0.05) is 34.4 Å². The maximum atomic E-state index is 13.6. The summed E-state index contributed by atoms with van der Waals surface area (Å²) in [5.41, 5.74) is 1.85. The number of pyridine rings is 2. The van der Waals surface area contributed by atoms with Crippen molar-refractivity contribution >= 4 is 37.8 Å². The second kappa shape index (κ2) is 7.88. The van der Waals surface area contributed by atoms with Crippen molar-refractivity contribution in [2.45, 2.75) is 38.1 Å². The quantitative estimate of drug-likeness (QED) is 0.401. The average molecular weight is 473 g/mol. The van der Waals surface area contributed by atoms with Gasteiger partial charge in [-0.25, -0.2) is 27.3 Å². The van der Waals surface area contributed by atoms with Crippen LogP contribution < -0.4 is 5.32 Å². The molecule has 8 nitrogen and oxygen atoms in total. The van der Waals surface area contributed by atoms with E-state index in [1.165, 1.54) is 3.97 Å². The third kappa shape index (κ3) is 3.67. The number of hydrogen-bond acceptors (Lipinski definition) is 7. The summed E-state index contributed by atoms with van der Waals surface area (Å²) in [7, 11) is -3.89. The first-order chi connectivity index (χ1) is 16.2. The SMILES string of the molecule is Cc1c(-c2nc(NC(C)(C)C)c3ccncc3n2)c2cccnc2n1S(=O)(=O)c1ccccc1. The highest BCUT2D eigenvalue weighted by atomic mass is 32.2. The summed E-state index contributed by atoms with van der Waals surface area (Å²) in [5.74, 6) is 1.06. The van der Waals surface area contributed by atoms with Crippen molar-refractivity contribution in [1.29, 1.82) is 0 Å². The van der Waals surface area contributed by atoms with Crippen molar-refractivity contribution in [3.05, 3.63) is 72.8 Å². The van der Waals surface area contributed by atoms with Crippen LogP contribution in [0.2, 0.25) is 0 Å². The Morgan fingerprint density at radius 2 is 1.68 bits per heavy atom. The summed E-state index contributed by atoms with van der Waals surface area (Å²) >= 11 is 0. The van der Waals surface area contributed by atoms with Gasteiger partial charge in [-0.2, -0.15) is 0 Å². The molecular formula is C25H24N6O2S. The van der Waals surface area contributed by atoms with Crippen molar-refractivity contribution in [3.8, 4) is 11.4 Å². The van der Waals surface area contributed by atoms with Crippen LogP contribution in [-0.2, 0) is 10.0 Å². The number of benzene rings is 1. The summed E-state index contributed by atoms with van der Waals surface area (Å²) < 4.78 is 28.6. The molecule has 0 aliphatic heterocycles. The van der Waals surface area contributed by atoms with Crippen molar-refractivity contribution in [1.82, 2.24) is 23.9 Å². The highest BCUT2D eigenvalue weighted by Crippen LogP contribution is 2.36. The number of nitrogens with zero attached hydrogens (tertiary/aromatic N) is 5. The molecule has 0 fully saturated rings. The molecule has 0 atom stereocenters. The van der Waals surface area contributed by atoms with E-state index in [1.807, 2.05) is 12.1 Å². The van der Waals surface area contributed by atoms with E-state index in [2.05, 4.69) is 36.1 Å². The molecule has 34 heavy (non-hydrogen) atoms. The molecule has 0 bridgehead atoms. The van der Waals surface area contributed by atoms with Gasteiger partial charge >= 0.3 is 0 Å². The van der Waals surface area contributed by atoms with Crippen LogP contribution in [0.25, 0.3) is 33.3 Å². The first-order valence-corrected chi connectivity index (χ1v) is 12.3. The largest absolute Gasteiger partial charge is 0.365 e. The van der Waals surface area contributed by atoms with Gasteiger partial charge in [0.1, 0.15) is 5.82 Å². The number of fused-ring (bicyclic) bond motifs is 2. The Hall–Kier alpha value is -3.85. The molecule has 0 saturated heterocycles. The molecule has 9 heteroatoms. The van der Waals surface area contributed by atoms with Crippen molar-refractivity contribution < 1.29 is 8.42 Å². The normalized spacial score (nSPS) is 12.4. The number of rotatable bonds is 4. The monoisotopic (exact) mass is 472 g/mol. The average Bonchev–Trinajstić information content (AvgIpc) is 3.11. The Morgan fingerprint density at radius 3 is 2.41 bits per heavy atom. The van der Waals surface area contributed by atoms with E-state index in [9.17, 15) is 8.42 Å². The van der Waals surface area contributed by atoms with Gasteiger partial charge in [0.15, 0.2) is 11.5 Å². The van der Waals surface area contributed by atoms with Crippen molar-refractivity contribution in [3.63, 3.8) is 0 Å². The molecule has 0 saturated carbocycles. The van der Waals surface area contributed by atoms with Crippen LogP contribution in [0.1, 0.15) is 26.5 Å². The van der Waals surface area contributed by atoms with Gasteiger partial charge in [-0.05, 0) is 58.0 Å². The smallest absolute Gasteiger partial charge is 0.269 e. The van der Waals surface area contributed by atoms with E-state index in [-0.39, 0.29) is 10.4 Å². The molecule has 0 spiro atoms. The standard InChI is InChI=1S/C25H24N6O2S/c1-16-21(23-28-20-15-26-14-12-18(20)22(29-23)30-25(2,3)4)19-11-8-13-27-24(19)31(16)34(32,33)17-9-6-5-7-10-17/h5-15H,1-4H3,(H,28,29,30). The predicted octanol–water partition coefficient (Wildman–Crippen LogP) is 4.80. The van der Waals surface area contributed by atoms with Crippen LogP contribution in [0.4, 0.5) is 5.82 Å². The second-order valence-electron chi connectivity index (χ2n) is 9.08. The van der Waals surface area contributed by atoms with Gasteiger partial charge in [0.25, 0.3) is 10.0 Å². The summed E-state index contributed by atoms with van der Waals surface area (Å²) in [4.78, 5) is 18.4. The van der Waals surface area contributed by atoms with E-state index in [4.69, 9.17) is 9.97 Å². The second-order valence-corrected chi connectivity index (χ2v) is 10.9. The zero-order chi connectivity index (χ0) is 24.1. The van der Waals surface area contributed by atoms with Crippen LogP contribution in [0.5, 0.6) is 0 Å². The summed E-state index contributed by atoms with van der Waals surface area (Å²) in [5, 5.41) is 4.94. The van der Waals surface area contributed by atoms with E-state index < -0.39 is 10.0 Å². The van der Waals surface area contributed by atoms with Gasteiger partial charge in [-0.3, -0.25) is 4.98 Å². The minimum Gasteiger partial charge on any atom is -0.365 e. The molecular weight excluding hydrogens is 448 g/mol. The topological polar surface area (TPSA) is 103 Å². The van der Waals surface area contributed by atoms with Crippen molar-refractivity contribution in [2.24, 2.45) is 0 Å². The van der Waals surface area contributed by atoms with Crippen molar-refractivity contribution in [2.75, 3.05) is 5.32 Å². The Kier molecular flexibility index (Phi) is 5.09. The van der Waals surface area contributed by atoms with Gasteiger partial charge in [0.05, 0.1) is 22.2 Å². The zero-order valence-corrected chi connectivity index (χ0v) is 20.1. The van der Waals surface area contributed by atoms with Crippen LogP contribution in [-0.4, -0.2) is 37.9 Å². The fourth-order valence-corrected chi connectivity index (χ4v) is 5.56. The lowest BCUT2D eigenvalue weighted by molar-refractivity contribution is 0.587. The van der Waals surface area contributed by atoms with Gasteiger partial charge < -0.3 is 5.32 Å². The fraction of sp³-hybridized carbons (Fsp3) is 0.200. The Morgan fingerprint density at radius 1 is 0.912 bits per heavy atom. The molecule has 1 N–H and O–H groups in total. The molecule has 172 valence electrons. The lowest BCUT2D eigenvalue weighted by Gasteiger charge is -2.22. The predicted molar refractivity (Wildman–Crippen MR) is 133 cm³/mol. The maximum Gasteiger partial charge on any atom is 0.269 e. The zero-order valence-electron chi connectivity index (χ0n) is 19.3. The molecule has 0 unspecified atom stereocenters. The molecule has 4 aromatic heterocycles. The summed E-state index contributed by atoms with van der Waals surface area (Å²) in [6, 6.07) is 13.8. The van der Waals surface area contributed by atoms with Gasteiger partial charge in [-0.15, -0.1) is 0 Å². The number of anilines is 1. The van der Waals surface area contributed by atoms with Gasteiger partial charge in [0.2, 0.25) is 0 Å². The number of aromatic nitrogens is 5. The maximum absolute atomic E-state index is 13.6. The van der Waals surface area contributed by atoms with E-state index in [0.717, 1.165) is 5.39 Å². The number of hydrogen-bond donors (Lipinski definition) is 1. The van der Waals surface area contributed by atoms with Gasteiger partial charge in [-0.1, -0.05) is 18.2 Å². The van der Waals surface area contributed by atoms with E-state index in [0.29, 0.717) is 39.4 Å². The highest BCUT2D eigenvalue weighted by molar-refractivity contribution is 7.90. The molecule has 1 aromatic carbocycles. The van der Waals surface area contributed by atoms with E-state index in [1.54, 1.807) is 61.9 Å². The highest BCUT2D eigenvalue weighted by Gasteiger charge is 2.28. The lowest BCUT2D eigenvalue weighted by Crippen LogP contribution is -2.27. The first kappa shape index (κ1) is 22.0. The van der Waals surface area contributed by atoms with Crippen LogP contribution in [0.15, 0.2) is 72.0 Å². The Bertz CT molecular complexity index is 1640. The summed E-state index contributed by atoms with van der Waals surface area (Å²) in [6.45, 7) is 7.91.